The predicted molar refractivity (Wildman–Crippen MR) is 77.4 cm³/mol. The molecule has 0 radical (unpaired) electrons. The number of hydrogen-bond donors (Lipinski definition) is 2. The van der Waals surface area contributed by atoms with Crippen molar-refractivity contribution in [3.8, 4) is 5.75 Å². The van der Waals surface area contributed by atoms with E-state index in [4.69, 9.17) is 10.5 Å². The van der Waals surface area contributed by atoms with Crippen LogP contribution in [0.5, 0.6) is 5.75 Å². The second-order valence-corrected chi connectivity index (χ2v) is 4.63. The van der Waals surface area contributed by atoms with Gasteiger partial charge >= 0.3 is 0 Å². The van der Waals surface area contributed by atoms with Gasteiger partial charge in [-0.3, -0.25) is 9.69 Å². The first-order valence-corrected chi connectivity index (χ1v) is 6.45. The highest BCUT2D eigenvalue weighted by atomic mass is 16.5. The number of nitrogens with two attached hydrogens (primary N) is 1. The number of rotatable bonds is 7. The summed E-state index contributed by atoms with van der Waals surface area (Å²) in [5.74, 6) is 0.734. The third kappa shape index (κ3) is 5.28. The first-order chi connectivity index (χ1) is 9.06. The van der Waals surface area contributed by atoms with Crippen LogP contribution in [0.3, 0.4) is 0 Å². The third-order valence-electron chi connectivity index (χ3n) is 2.87. The van der Waals surface area contributed by atoms with Gasteiger partial charge in [0.2, 0.25) is 5.91 Å². The Labute approximate surface area is 114 Å². The first-order valence-electron chi connectivity index (χ1n) is 6.45. The predicted octanol–water partition coefficient (Wildman–Crippen LogP) is 1.30. The lowest BCUT2D eigenvalue weighted by atomic mass is 10.3. The van der Waals surface area contributed by atoms with Gasteiger partial charge in [-0.2, -0.15) is 0 Å². The number of methoxy groups -OCH3 is 1. The molecule has 0 aliphatic rings. The first kappa shape index (κ1) is 15.5. The van der Waals surface area contributed by atoms with Crippen LogP contribution < -0.4 is 15.8 Å². The molecular weight excluding hydrogens is 242 g/mol. The average Bonchev–Trinajstić information content (AvgIpc) is 2.39. The highest BCUT2D eigenvalue weighted by Crippen LogP contribution is 2.14. The fourth-order valence-electron chi connectivity index (χ4n) is 1.74. The summed E-state index contributed by atoms with van der Waals surface area (Å²) >= 11 is 0. The zero-order chi connectivity index (χ0) is 14.3. The highest BCUT2D eigenvalue weighted by molar-refractivity contribution is 5.92. The van der Waals surface area contributed by atoms with Gasteiger partial charge in [-0.05, 0) is 38.1 Å². The minimum absolute atomic E-state index is 0.0349. The molecule has 106 valence electrons. The van der Waals surface area contributed by atoms with E-state index in [-0.39, 0.29) is 5.91 Å². The molecule has 0 aromatic heterocycles. The summed E-state index contributed by atoms with van der Waals surface area (Å²) in [6.07, 6.45) is 0. The van der Waals surface area contributed by atoms with E-state index in [1.54, 1.807) is 7.11 Å². The van der Waals surface area contributed by atoms with Gasteiger partial charge in [0.25, 0.3) is 0 Å². The molecule has 1 aromatic rings. The molecule has 0 bridgehead atoms. The Hall–Kier alpha value is -1.59. The molecular formula is C14H23N3O2. The number of benzene rings is 1. The van der Waals surface area contributed by atoms with Gasteiger partial charge in [0.1, 0.15) is 5.75 Å². The Morgan fingerprint density at radius 3 is 2.47 bits per heavy atom. The van der Waals surface area contributed by atoms with Gasteiger partial charge in [-0.15, -0.1) is 0 Å². The Morgan fingerprint density at radius 2 is 2.00 bits per heavy atom. The van der Waals surface area contributed by atoms with Crippen LogP contribution in [0.1, 0.15) is 13.8 Å². The standard InChI is InChI=1S/C14H23N3O2/c1-11(2)17(9-8-15)10-14(18)16-12-4-6-13(19-3)7-5-12/h4-7,11H,8-10,15H2,1-3H3,(H,16,18). The number of hydrogen-bond acceptors (Lipinski definition) is 4. The molecule has 0 saturated heterocycles. The van der Waals surface area contributed by atoms with E-state index in [1.807, 2.05) is 29.2 Å². The van der Waals surface area contributed by atoms with Crippen LogP contribution in [0.4, 0.5) is 5.69 Å². The van der Waals surface area contributed by atoms with Crippen LogP contribution in [0.2, 0.25) is 0 Å². The van der Waals surface area contributed by atoms with Crippen molar-refractivity contribution in [1.82, 2.24) is 4.90 Å². The van der Waals surface area contributed by atoms with Crippen LogP contribution in [0, 0.1) is 0 Å². The van der Waals surface area contributed by atoms with Crippen molar-refractivity contribution in [2.24, 2.45) is 5.73 Å². The molecule has 0 fully saturated rings. The summed E-state index contributed by atoms with van der Waals surface area (Å²) in [6, 6.07) is 7.56. The molecule has 1 rings (SSSR count). The topological polar surface area (TPSA) is 67.6 Å². The number of carbonyl (C=O) groups excluding carboxylic acids is 1. The van der Waals surface area contributed by atoms with Gasteiger partial charge in [0.05, 0.1) is 13.7 Å². The van der Waals surface area contributed by atoms with Crippen LogP contribution in [0.25, 0.3) is 0 Å². The molecule has 0 saturated carbocycles. The number of amides is 1. The molecule has 5 nitrogen and oxygen atoms in total. The monoisotopic (exact) mass is 265 g/mol. The van der Waals surface area contributed by atoms with Gasteiger partial charge in [0, 0.05) is 24.8 Å². The molecule has 1 aromatic carbocycles. The summed E-state index contributed by atoms with van der Waals surface area (Å²) in [7, 11) is 1.61. The average molecular weight is 265 g/mol. The van der Waals surface area contributed by atoms with E-state index in [0.29, 0.717) is 25.7 Å². The Bertz CT molecular complexity index is 390. The van der Waals surface area contributed by atoms with E-state index in [9.17, 15) is 4.79 Å². The van der Waals surface area contributed by atoms with Crippen molar-refractivity contribution in [3.63, 3.8) is 0 Å². The van der Waals surface area contributed by atoms with Crippen LogP contribution in [0.15, 0.2) is 24.3 Å². The summed E-state index contributed by atoms with van der Waals surface area (Å²) < 4.78 is 5.07. The molecule has 5 heteroatoms. The number of anilines is 1. The lowest BCUT2D eigenvalue weighted by Gasteiger charge is -2.25. The molecule has 0 heterocycles. The van der Waals surface area contributed by atoms with Crippen molar-refractivity contribution in [2.45, 2.75) is 19.9 Å². The minimum atomic E-state index is -0.0349. The lowest BCUT2D eigenvalue weighted by molar-refractivity contribution is -0.117. The van der Waals surface area contributed by atoms with Gasteiger partial charge in [-0.25, -0.2) is 0 Å². The van der Waals surface area contributed by atoms with Crippen molar-refractivity contribution < 1.29 is 9.53 Å². The second kappa shape index (κ2) is 7.76. The Balaban J connectivity index is 2.53. The fraction of sp³-hybridized carbons (Fsp3) is 0.500. The van der Waals surface area contributed by atoms with E-state index >= 15 is 0 Å². The maximum absolute atomic E-state index is 11.9. The number of carbonyl (C=O) groups is 1. The Morgan fingerprint density at radius 1 is 1.37 bits per heavy atom. The maximum atomic E-state index is 11.9. The van der Waals surface area contributed by atoms with Crippen LogP contribution in [-0.2, 0) is 4.79 Å². The van der Waals surface area contributed by atoms with E-state index in [2.05, 4.69) is 19.2 Å². The quantitative estimate of drug-likeness (QED) is 0.780. The molecule has 0 atom stereocenters. The molecule has 0 unspecified atom stereocenters. The molecule has 0 spiro atoms. The molecule has 0 aliphatic carbocycles. The summed E-state index contributed by atoms with van der Waals surface area (Å²) in [5.41, 5.74) is 6.31. The lowest BCUT2D eigenvalue weighted by Crippen LogP contribution is -2.40. The maximum Gasteiger partial charge on any atom is 0.238 e. The van der Waals surface area contributed by atoms with Crippen molar-refractivity contribution in [1.29, 1.82) is 0 Å². The van der Waals surface area contributed by atoms with E-state index in [0.717, 1.165) is 11.4 Å². The summed E-state index contributed by atoms with van der Waals surface area (Å²) in [6.45, 7) is 5.72. The van der Waals surface area contributed by atoms with Crippen molar-refractivity contribution >= 4 is 11.6 Å². The summed E-state index contributed by atoms with van der Waals surface area (Å²) in [5, 5.41) is 2.86. The van der Waals surface area contributed by atoms with Crippen LogP contribution >= 0.6 is 0 Å². The molecule has 1 amide bonds. The highest BCUT2D eigenvalue weighted by Gasteiger charge is 2.13. The summed E-state index contributed by atoms with van der Waals surface area (Å²) in [4.78, 5) is 14.0. The molecule has 3 N–H and O–H groups in total. The normalized spacial score (nSPS) is 10.8. The SMILES string of the molecule is COc1ccc(NC(=O)CN(CCN)C(C)C)cc1. The van der Waals surface area contributed by atoms with E-state index in [1.165, 1.54) is 0 Å². The number of ether oxygens (including phenoxy) is 1. The van der Waals surface area contributed by atoms with Gasteiger partial charge in [-0.1, -0.05) is 0 Å². The van der Waals surface area contributed by atoms with Crippen molar-refractivity contribution in [3.05, 3.63) is 24.3 Å². The molecule has 0 aliphatic heterocycles. The third-order valence-corrected chi connectivity index (χ3v) is 2.87. The van der Waals surface area contributed by atoms with Crippen LogP contribution in [-0.4, -0.2) is 43.6 Å². The number of nitrogens with one attached hydrogen (secondary N) is 1. The zero-order valence-electron chi connectivity index (χ0n) is 11.8. The van der Waals surface area contributed by atoms with Gasteiger partial charge < -0.3 is 15.8 Å². The second-order valence-electron chi connectivity index (χ2n) is 4.63. The minimum Gasteiger partial charge on any atom is -0.497 e. The smallest absolute Gasteiger partial charge is 0.238 e. The molecule has 19 heavy (non-hydrogen) atoms. The zero-order valence-corrected chi connectivity index (χ0v) is 11.8. The Kier molecular flexibility index (Phi) is 6.32. The van der Waals surface area contributed by atoms with Gasteiger partial charge in [0.15, 0.2) is 0 Å². The van der Waals surface area contributed by atoms with Crippen molar-refractivity contribution in [2.75, 3.05) is 32.1 Å². The fourth-order valence-corrected chi connectivity index (χ4v) is 1.74. The largest absolute Gasteiger partial charge is 0.497 e. The van der Waals surface area contributed by atoms with E-state index < -0.39 is 0 Å². The number of nitrogens with zero attached hydrogens (tertiary/aromatic N) is 1.